The van der Waals surface area contributed by atoms with Crippen LogP contribution in [0.3, 0.4) is 0 Å². The summed E-state index contributed by atoms with van der Waals surface area (Å²) >= 11 is 0. The lowest BCUT2D eigenvalue weighted by atomic mass is 10.1. The zero-order chi connectivity index (χ0) is 21.8. The molecule has 0 amide bonds. The molecular formula is C27H28N4O. The third kappa shape index (κ3) is 4.43. The van der Waals surface area contributed by atoms with Crippen LogP contribution < -0.4 is 9.64 Å². The third-order valence-corrected chi connectivity index (χ3v) is 6.10. The Bertz CT molecular complexity index is 1190. The predicted molar refractivity (Wildman–Crippen MR) is 130 cm³/mol. The fourth-order valence-electron chi connectivity index (χ4n) is 4.22. The van der Waals surface area contributed by atoms with E-state index in [1.807, 2.05) is 30.3 Å². The van der Waals surface area contributed by atoms with Crippen LogP contribution in [-0.4, -0.2) is 47.6 Å². The van der Waals surface area contributed by atoms with E-state index in [0.29, 0.717) is 12.5 Å². The number of nitrogens with zero attached hydrogens (tertiary/aromatic N) is 4. The topological polar surface area (TPSA) is 41.5 Å². The lowest BCUT2D eigenvalue weighted by Crippen LogP contribution is -2.46. The Morgan fingerprint density at radius 3 is 2.47 bits per heavy atom. The second-order valence-electron chi connectivity index (χ2n) is 8.13. The predicted octanol–water partition coefficient (Wildman–Crippen LogP) is 5.02. The number of ether oxygens (including phenoxy) is 1. The number of rotatable bonds is 6. The Hall–Kier alpha value is -3.44. The zero-order valence-corrected chi connectivity index (χ0v) is 18.4. The fourth-order valence-corrected chi connectivity index (χ4v) is 4.22. The fraction of sp³-hybridized carbons (Fsp3) is 0.259. The number of anilines is 1. The highest BCUT2D eigenvalue weighted by molar-refractivity contribution is 5.95. The first-order valence-electron chi connectivity index (χ1n) is 11.3. The van der Waals surface area contributed by atoms with Crippen LogP contribution in [0.5, 0.6) is 5.88 Å². The van der Waals surface area contributed by atoms with Gasteiger partial charge in [-0.25, -0.2) is 9.97 Å². The second kappa shape index (κ2) is 9.37. The van der Waals surface area contributed by atoms with Crippen LogP contribution in [0.15, 0.2) is 79.0 Å². The van der Waals surface area contributed by atoms with Crippen molar-refractivity contribution in [2.45, 2.75) is 13.5 Å². The summed E-state index contributed by atoms with van der Waals surface area (Å²) in [7, 11) is 0. The van der Waals surface area contributed by atoms with Gasteiger partial charge in [-0.2, -0.15) is 0 Å². The summed E-state index contributed by atoms with van der Waals surface area (Å²) in [5.74, 6) is 1.68. The minimum Gasteiger partial charge on any atom is -0.473 e. The van der Waals surface area contributed by atoms with Gasteiger partial charge in [0.25, 0.3) is 0 Å². The van der Waals surface area contributed by atoms with E-state index in [4.69, 9.17) is 9.72 Å². The highest BCUT2D eigenvalue weighted by Gasteiger charge is 2.20. The van der Waals surface area contributed by atoms with Gasteiger partial charge in [0.2, 0.25) is 5.88 Å². The van der Waals surface area contributed by atoms with Crippen molar-refractivity contribution in [2.24, 2.45) is 0 Å². The van der Waals surface area contributed by atoms with Gasteiger partial charge in [-0.3, -0.25) is 0 Å². The van der Waals surface area contributed by atoms with Crippen molar-refractivity contribution in [3.63, 3.8) is 0 Å². The van der Waals surface area contributed by atoms with E-state index in [2.05, 4.69) is 64.2 Å². The van der Waals surface area contributed by atoms with Crippen LogP contribution >= 0.6 is 0 Å². The summed E-state index contributed by atoms with van der Waals surface area (Å²) < 4.78 is 5.96. The van der Waals surface area contributed by atoms with E-state index in [0.717, 1.165) is 55.4 Å². The van der Waals surface area contributed by atoms with Gasteiger partial charge >= 0.3 is 0 Å². The molecule has 1 aliphatic heterocycles. The summed E-state index contributed by atoms with van der Waals surface area (Å²) in [5.41, 5.74) is 3.09. The maximum absolute atomic E-state index is 5.96. The molecule has 32 heavy (non-hydrogen) atoms. The minimum atomic E-state index is 0.495. The van der Waals surface area contributed by atoms with E-state index < -0.39 is 0 Å². The van der Waals surface area contributed by atoms with E-state index >= 15 is 0 Å². The molecule has 2 aromatic heterocycles. The highest BCUT2D eigenvalue weighted by atomic mass is 16.5. The number of likely N-dealkylation sites (N-methyl/N-ethyl adjacent to an activating group) is 1. The van der Waals surface area contributed by atoms with Crippen LogP contribution in [-0.2, 0) is 6.61 Å². The Morgan fingerprint density at radius 2 is 1.66 bits per heavy atom. The first-order valence-corrected chi connectivity index (χ1v) is 11.3. The van der Waals surface area contributed by atoms with Crippen molar-refractivity contribution >= 4 is 16.6 Å². The molecule has 1 fully saturated rings. The van der Waals surface area contributed by atoms with Crippen LogP contribution in [0.1, 0.15) is 12.5 Å². The van der Waals surface area contributed by atoms with Crippen molar-refractivity contribution in [3.05, 3.63) is 84.6 Å². The molecule has 5 rings (SSSR count). The van der Waals surface area contributed by atoms with Gasteiger partial charge in [-0.1, -0.05) is 61.5 Å². The van der Waals surface area contributed by atoms with Crippen LogP contribution in [0.25, 0.3) is 22.0 Å². The summed E-state index contributed by atoms with van der Waals surface area (Å²) in [6.45, 7) is 7.96. The molecule has 0 unspecified atom stereocenters. The number of fused-ring (bicyclic) bond motifs is 1. The quantitative estimate of drug-likeness (QED) is 0.435. The van der Waals surface area contributed by atoms with Crippen molar-refractivity contribution in [3.8, 4) is 17.1 Å². The molecule has 1 aliphatic rings. The number of piperazine rings is 1. The van der Waals surface area contributed by atoms with Gasteiger partial charge < -0.3 is 14.5 Å². The minimum absolute atomic E-state index is 0.495. The molecule has 0 atom stereocenters. The Morgan fingerprint density at radius 1 is 0.875 bits per heavy atom. The molecule has 0 aliphatic carbocycles. The Labute approximate surface area is 189 Å². The van der Waals surface area contributed by atoms with Crippen molar-refractivity contribution in [2.75, 3.05) is 37.6 Å². The van der Waals surface area contributed by atoms with Crippen LogP contribution in [0.2, 0.25) is 0 Å². The monoisotopic (exact) mass is 424 g/mol. The lowest BCUT2D eigenvalue weighted by molar-refractivity contribution is 0.271. The summed E-state index contributed by atoms with van der Waals surface area (Å²) in [6, 6.07) is 24.8. The average molecular weight is 425 g/mol. The molecule has 5 heteroatoms. The maximum Gasteiger partial charge on any atom is 0.214 e. The van der Waals surface area contributed by atoms with Gasteiger partial charge in [0.1, 0.15) is 12.4 Å². The summed E-state index contributed by atoms with van der Waals surface area (Å²) in [6.07, 6.45) is 1.80. The average Bonchev–Trinajstić information content (AvgIpc) is 2.88. The van der Waals surface area contributed by atoms with Gasteiger partial charge in [0, 0.05) is 49.4 Å². The van der Waals surface area contributed by atoms with Gasteiger partial charge in [-0.05, 0) is 29.6 Å². The van der Waals surface area contributed by atoms with E-state index in [1.54, 1.807) is 6.20 Å². The second-order valence-corrected chi connectivity index (χ2v) is 8.13. The molecule has 0 N–H and O–H groups in total. The third-order valence-electron chi connectivity index (χ3n) is 6.10. The Balaban J connectivity index is 1.45. The molecular weight excluding hydrogens is 396 g/mol. The number of aromatic nitrogens is 2. The number of hydrogen-bond acceptors (Lipinski definition) is 5. The van der Waals surface area contributed by atoms with E-state index in [1.165, 1.54) is 10.8 Å². The first-order chi connectivity index (χ1) is 15.8. The van der Waals surface area contributed by atoms with Crippen molar-refractivity contribution < 1.29 is 4.74 Å². The van der Waals surface area contributed by atoms with Gasteiger partial charge in [0.15, 0.2) is 0 Å². The molecule has 0 bridgehead atoms. The van der Waals surface area contributed by atoms with Crippen LogP contribution in [0.4, 0.5) is 5.82 Å². The molecule has 4 aromatic rings. The SMILES string of the molecule is CCN1CCN(c2nc(-c3ccnc(OCc4ccccc4)c3)cc3ccccc23)CC1. The Kier molecular flexibility index (Phi) is 5.99. The maximum atomic E-state index is 5.96. The molecule has 5 nitrogen and oxygen atoms in total. The molecule has 2 aromatic carbocycles. The number of pyridine rings is 2. The van der Waals surface area contributed by atoms with E-state index in [-0.39, 0.29) is 0 Å². The summed E-state index contributed by atoms with van der Waals surface area (Å²) in [4.78, 5) is 14.4. The zero-order valence-electron chi connectivity index (χ0n) is 18.4. The van der Waals surface area contributed by atoms with Gasteiger partial charge in [-0.15, -0.1) is 0 Å². The smallest absolute Gasteiger partial charge is 0.214 e. The largest absolute Gasteiger partial charge is 0.473 e. The number of benzene rings is 2. The van der Waals surface area contributed by atoms with Gasteiger partial charge in [0.05, 0.1) is 5.69 Å². The standard InChI is InChI=1S/C27H28N4O/c1-2-30-14-16-31(17-15-30)27-24-11-7-6-10-22(24)18-25(29-27)23-12-13-28-26(19-23)32-20-21-8-4-3-5-9-21/h3-13,18-19H,2,14-17,20H2,1H3. The molecule has 0 spiro atoms. The van der Waals surface area contributed by atoms with Crippen LogP contribution in [0, 0.1) is 0 Å². The molecule has 0 radical (unpaired) electrons. The first kappa shape index (κ1) is 20.5. The highest BCUT2D eigenvalue weighted by Crippen LogP contribution is 2.31. The molecule has 3 heterocycles. The van der Waals surface area contributed by atoms with E-state index in [9.17, 15) is 0 Å². The normalized spacial score (nSPS) is 14.6. The molecule has 1 saturated heterocycles. The molecule has 0 saturated carbocycles. The molecule has 162 valence electrons. The lowest BCUT2D eigenvalue weighted by Gasteiger charge is -2.35. The summed E-state index contributed by atoms with van der Waals surface area (Å²) in [5, 5.41) is 2.41. The van der Waals surface area contributed by atoms with Crippen molar-refractivity contribution in [1.29, 1.82) is 0 Å². The number of hydrogen-bond donors (Lipinski definition) is 0. The van der Waals surface area contributed by atoms with Crippen molar-refractivity contribution in [1.82, 2.24) is 14.9 Å².